The Labute approximate surface area is 175 Å². The highest BCUT2D eigenvalue weighted by molar-refractivity contribution is 7.22. The molecule has 0 N–H and O–H groups in total. The van der Waals surface area contributed by atoms with Gasteiger partial charge in [-0.3, -0.25) is 14.4 Å². The number of thiazole rings is 1. The molecule has 0 unspecified atom stereocenters. The van der Waals surface area contributed by atoms with Crippen LogP contribution in [0.15, 0.2) is 67.0 Å². The lowest BCUT2D eigenvalue weighted by molar-refractivity contribution is -0.114. The lowest BCUT2D eigenvalue weighted by Crippen LogP contribution is -2.32. The van der Waals surface area contributed by atoms with Gasteiger partial charge in [0, 0.05) is 30.0 Å². The van der Waals surface area contributed by atoms with Crippen LogP contribution in [0, 0.1) is 5.82 Å². The molecule has 5 nitrogen and oxygen atoms in total. The number of aromatic nitrogens is 3. The molecule has 4 rings (SSSR count). The third-order valence-electron chi connectivity index (χ3n) is 4.28. The Morgan fingerprint density at radius 3 is 2.83 bits per heavy atom. The number of hydrogen-bond acceptors (Lipinski definition) is 4. The smallest absolute Gasteiger partial charge is 0.252 e. The van der Waals surface area contributed by atoms with Crippen molar-refractivity contribution in [2.45, 2.75) is 6.54 Å². The third kappa shape index (κ3) is 4.36. The van der Waals surface area contributed by atoms with Crippen LogP contribution < -0.4 is 4.90 Å². The van der Waals surface area contributed by atoms with Crippen molar-refractivity contribution in [1.29, 1.82) is 0 Å². The minimum absolute atomic E-state index is 0.263. The second-order valence-electron chi connectivity index (χ2n) is 6.20. The molecule has 146 valence electrons. The number of fused-ring (bicyclic) bond motifs is 1. The SMILES string of the molecule is O=C(/C=C/c1ccccc1Cl)N(CCn1cccn1)c1nc2c(F)cccc2s1. The van der Waals surface area contributed by atoms with Crippen LogP contribution >= 0.6 is 22.9 Å². The van der Waals surface area contributed by atoms with Gasteiger partial charge in [0.1, 0.15) is 11.3 Å². The molecular formula is C21H16ClFN4OS. The van der Waals surface area contributed by atoms with Crippen LogP contribution in [0.25, 0.3) is 16.3 Å². The Morgan fingerprint density at radius 2 is 2.07 bits per heavy atom. The fraction of sp³-hybridized carbons (Fsp3) is 0.0952. The van der Waals surface area contributed by atoms with Gasteiger partial charge in [-0.25, -0.2) is 9.37 Å². The average Bonchev–Trinajstić information content (AvgIpc) is 3.38. The fourth-order valence-electron chi connectivity index (χ4n) is 2.82. The van der Waals surface area contributed by atoms with Crippen molar-refractivity contribution in [3.63, 3.8) is 0 Å². The summed E-state index contributed by atoms with van der Waals surface area (Å²) in [6.07, 6.45) is 6.61. The molecule has 1 amide bonds. The van der Waals surface area contributed by atoms with Gasteiger partial charge >= 0.3 is 0 Å². The number of amides is 1. The van der Waals surface area contributed by atoms with Crippen LogP contribution in [-0.4, -0.2) is 27.2 Å². The molecule has 0 aliphatic heterocycles. The van der Waals surface area contributed by atoms with Gasteiger partial charge in [0.2, 0.25) is 0 Å². The van der Waals surface area contributed by atoms with Gasteiger partial charge in [-0.15, -0.1) is 0 Å². The molecule has 0 saturated carbocycles. The summed E-state index contributed by atoms with van der Waals surface area (Å²) in [5, 5.41) is 5.16. The number of halogens is 2. The highest BCUT2D eigenvalue weighted by Gasteiger charge is 2.19. The Morgan fingerprint density at radius 1 is 1.21 bits per heavy atom. The monoisotopic (exact) mass is 426 g/mol. The number of benzene rings is 2. The molecular weight excluding hydrogens is 411 g/mol. The minimum atomic E-state index is -0.406. The predicted molar refractivity (Wildman–Crippen MR) is 115 cm³/mol. The summed E-state index contributed by atoms with van der Waals surface area (Å²) >= 11 is 7.44. The Kier molecular flexibility index (Phi) is 5.69. The summed E-state index contributed by atoms with van der Waals surface area (Å²) in [6, 6.07) is 13.9. The van der Waals surface area contributed by atoms with E-state index in [2.05, 4.69) is 10.1 Å². The molecule has 0 radical (unpaired) electrons. The molecule has 2 aromatic heterocycles. The molecule has 8 heteroatoms. The van der Waals surface area contributed by atoms with E-state index < -0.39 is 5.82 Å². The van der Waals surface area contributed by atoms with Gasteiger partial charge in [0.25, 0.3) is 5.91 Å². The zero-order valence-corrected chi connectivity index (χ0v) is 16.8. The minimum Gasteiger partial charge on any atom is -0.283 e. The summed E-state index contributed by atoms with van der Waals surface area (Å²) in [6.45, 7) is 0.825. The van der Waals surface area contributed by atoms with Gasteiger partial charge in [-0.1, -0.05) is 47.2 Å². The summed E-state index contributed by atoms with van der Waals surface area (Å²) in [5.41, 5.74) is 1.00. The molecule has 0 spiro atoms. The predicted octanol–water partition coefficient (Wildman–Crippen LogP) is 5.03. The lowest BCUT2D eigenvalue weighted by Gasteiger charge is -2.18. The van der Waals surface area contributed by atoms with E-state index in [-0.39, 0.29) is 11.4 Å². The molecule has 0 aliphatic carbocycles. The van der Waals surface area contributed by atoms with E-state index in [1.807, 2.05) is 30.5 Å². The first-order valence-electron chi connectivity index (χ1n) is 8.88. The van der Waals surface area contributed by atoms with E-state index >= 15 is 0 Å². The first-order chi connectivity index (χ1) is 14.1. The van der Waals surface area contributed by atoms with Crippen LogP contribution in [0.2, 0.25) is 5.02 Å². The normalized spacial score (nSPS) is 11.4. The van der Waals surface area contributed by atoms with E-state index in [1.54, 1.807) is 35.2 Å². The molecule has 0 fully saturated rings. The van der Waals surface area contributed by atoms with Gasteiger partial charge in [0.15, 0.2) is 5.13 Å². The largest absolute Gasteiger partial charge is 0.283 e. The molecule has 29 heavy (non-hydrogen) atoms. The van der Waals surface area contributed by atoms with Crippen molar-refractivity contribution >= 4 is 50.3 Å². The topological polar surface area (TPSA) is 51.0 Å². The molecule has 0 saturated heterocycles. The summed E-state index contributed by atoms with van der Waals surface area (Å²) < 4.78 is 16.5. The highest BCUT2D eigenvalue weighted by Crippen LogP contribution is 2.30. The second-order valence-corrected chi connectivity index (χ2v) is 7.61. The Hall–Kier alpha value is -3.03. The van der Waals surface area contributed by atoms with Crippen LogP contribution in [0.5, 0.6) is 0 Å². The highest BCUT2D eigenvalue weighted by atomic mass is 35.5. The molecule has 4 aromatic rings. The first-order valence-corrected chi connectivity index (χ1v) is 10.1. The number of nitrogens with zero attached hydrogens (tertiary/aromatic N) is 4. The van der Waals surface area contributed by atoms with Crippen molar-refractivity contribution in [3.05, 3.63) is 83.4 Å². The number of anilines is 1. The van der Waals surface area contributed by atoms with Crippen LogP contribution in [0.4, 0.5) is 9.52 Å². The number of carbonyl (C=O) groups excluding carboxylic acids is 1. The van der Waals surface area contributed by atoms with Crippen molar-refractivity contribution in [3.8, 4) is 0 Å². The maximum Gasteiger partial charge on any atom is 0.252 e. The standard InChI is InChI=1S/C21H16ClFN4OS/c22-16-6-2-1-5-15(16)9-10-19(28)27(14-13-26-12-4-11-24-26)21-25-20-17(23)7-3-8-18(20)29-21/h1-12H,13-14H2/b10-9+. The van der Waals surface area contributed by atoms with Crippen LogP contribution in [0.3, 0.4) is 0 Å². The maximum absolute atomic E-state index is 14.1. The summed E-state index contributed by atoms with van der Waals surface area (Å²) in [7, 11) is 0. The third-order valence-corrected chi connectivity index (χ3v) is 5.67. The first kappa shape index (κ1) is 19.3. The van der Waals surface area contributed by atoms with Crippen molar-refractivity contribution in [1.82, 2.24) is 14.8 Å². The quantitative estimate of drug-likeness (QED) is 0.406. The van der Waals surface area contributed by atoms with Gasteiger partial charge in [-0.2, -0.15) is 5.10 Å². The van der Waals surface area contributed by atoms with Crippen molar-refractivity contribution in [2.24, 2.45) is 0 Å². The van der Waals surface area contributed by atoms with Crippen molar-refractivity contribution < 1.29 is 9.18 Å². The maximum atomic E-state index is 14.1. The number of carbonyl (C=O) groups is 1. The number of hydrogen-bond donors (Lipinski definition) is 0. The van der Waals surface area contributed by atoms with Gasteiger partial charge < -0.3 is 0 Å². The van der Waals surface area contributed by atoms with Gasteiger partial charge in [0.05, 0.1) is 11.2 Å². The van der Waals surface area contributed by atoms with E-state index in [9.17, 15) is 9.18 Å². The van der Waals surface area contributed by atoms with Gasteiger partial charge in [-0.05, 0) is 35.9 Å². The van der Waals surface area contributed by atoms with E-state index in [0.29, 0.717) is 27.9 Å². The summed E-state index contributed by atoms with van der Waals surface area (Å²) in [5.74, 6) is -0.673. The molecule has 0 atom stereocenters. The van der Waals surface area contributed by atoms with Crippen molar-refractivity contribution in [2.75, 3.05) is 11.4 Å². The fourth-order valence-corrected chi connectivity index (χ4v) is 4.03. The lowest BCUT2D eigenvalue weighted by atomic mass is 10.2. The number of rotatable bonds is 6. The zero-order chi connectivity index (χ0) is 20.2. The zero-order valence-electron chi connectivity index (χ0n) is 15.2. The Balaban J connectivity index is 1.64. The van der Waals surface area contributed by atoms with Crippen LogP contribution in [-0.2, 0) is 11.3 Å². The Bertz CT molecular complexity index is 1170. The average molecular weight is 427 g/mol. The van der Waals surface area contributed by atoms with E-state index in [4.69, 9.17) is 11.6 Å². The summed E-state index contributed by atoms with van der Waals surface area (Å²) in [4.78, 5) is 18.9. The molecule has 0 aliphatic rings. The number of para-hydroxylation sites is 1. The van der Waals surface area contributed by atoms with E-state index in [0.717, 1.165) is 5.56 Å². The molecule has 2 aromatic carbocycles. The van der Waals surface area contributed by atoms with Crippen LogP contribution in [0.1, 0.15) is 5.56 Å². The molecule has 0 bridgehead atoms. The molecule has 2 heterocycles. The van der Waals surface area contributed by atoms with E-state index in [1.165, 1.54) is 28.4 Å². The second kappa shape index (κ2) is 8.55.